The van der Waals surface area contributed by atoms with Crippen molar-refractivity contribution in [3.8, 4) is 5.69 Å². The molecule has 3 aromatic rings. The summed E-state index contributed by atoms with van der Waals surface area (Å²) in [4.78, 5) is 37.2. The molecular formula is C17H13ClN4O4. The predicted octanol–water partition coefficient (Wildman–Crippen LogP) is 1.34. The first-order valence-corrected chi connectivity index (χ1v) is 7.79. The Hall–Kier alpha value is -3.39. The number of carbonyl (C=O) groups is 1. The number of nitrogen functional groups attached to an aromatic ring is 1. The van der Waals surface area contributed by atoms with E-state index in [0.717, 1.165) is 9.25 Å². The molecule has 0 aliphatic carbocycles. The van der Waals surface area contributed by atoms with Crippen LogP contribution in [0.1, 0.15) is 16.1 Å². The van der Waals surface area contributed by atoms with Gasteiger partial charge in [-0.2, -0.15) is 9.78 Å². The van der Waals surface area contributed by atoms with Crippen molar-refractivity contribution < 1.29 is 9.08 Å². The summed E-state index contributed by atoms with van der Waals surface area (Å²) < 4.78 is 5.88. The minimum Gasteiger partial charge on any atom is -0.399 e. The summed E-state index contributed by atoms with van der Waals surface area (Å²) >= 11 is 5.09. The molecule has 1 aromatic heterocycles. The Labute approximate surface area is 152 Å². The van der Waals surface area contributed by atoms with Crippen molar-refractivity contribution in [3.63, 3.8) is 0 Å². The van der Waals surface area contributed by atoms with E-state index in [1.54, 1.807) is 48.5 Å². The van der Waals surface area contributed by atoms with Gasteiger partial charge >= 0.3 is 11.7 Å². The molecule has 0 atom stereocenters. The molecule has 132 valence electrons. The number of aromatic nitrogens is 3. The van der Waals surface area contributed by atoms with Gasteiger partial charge in [0, 0.05) is 5.69 Å². The number of halogens is 1. The molecular weight excluding hydrogens is 360 g/mol. The Morgan fingerprint density at radius 1 is 1.12 bits per heavy atom. The molecule has 0 spiro atoms. The molecule has 0 amide bonds. The lowest BCUT2D eigenvalue weighted by molar-refractivity contribution is 0.0739. The Bertz CT molecular complexity index is 1080. The van der Waals surface area contributed by atoms with E-state index >= 15 is 0 Å². The van der Waals surface area contributed by atoms with Crippen molar-refractivity contribution in [1.29, 1.82) is 0 Å². The van der Waals surface area contributed by atoms with Crippen molar-refractivity contribution in [2.45, 2.75) is 6.54 Å². The highest BCUT2D eigenvalue weighted by molar-refractivity contribution is 6.15. The van der Waals surface area contributed by atoms with E-state index in [9.17, 15) is 14.4 Å². The standard InChI is InChI=1S/C17H13ClN4O4/c18-26-16(24)14-15(23)21(10-11-5-2-1-3-6-11)17(25)22(20-14)13-8-4-7-12(19)9-13/h1-9H,10,19H2. The van der Waals surface area contributed by atoms with Crippen LogP contribution in [0.2, 0.25) is 0 Å². The summed E-state index contributed by atoms with van der Waals surface area (Å²) in [5.41, 5.74) is 4.88. The van der Waals surface area contributed by atoms with Crippen LogP contribution in [0.4, 0.5) is 5.69 Å². The van der Waals surface area contributed by atoms with E-state index in [2.05, 4.69) is 9.39 Å². The van der Waals surface area contributed by atoms with E-state index < -0.39 is 22.9 Å². The number of nitrogens with two attached hydrogens (primary N) is 1. The third-order valence-electron chi connectivity index (χ3n) is 3.62. The van der Waals surface area contributed by atoms with Crippen LogP contribution >= 0.6 is 11.9 Å². The Morgan fingerprint density at radius 2 is 1.85 bits per heavy atom. The average Bonchev–Trinajstić information content (AvgIpc) is 2.65. The number of anilines is 1. The van der Waals surface area contributed by atoms with Crippen molar-refractivity contribution >= 4 is 23.5 Å². The summed E-state index contributed by atoms with van der Waals surface area (Å²) in [5, 5.41) is 3.81. The van der Waals surface area contributed by atoms with Gasteiger partial charge in [0.15, 0.2) is 0 Å². The maximum atomic E-state index is 12.8. The van der Waals surface area contributed by atoms with Crippen molar-refractivity contribution in [2.75, 3.05) is 5.73 Å². The van der Waals surface area contributed by atoms with Crippen LogP contribution in [0.25, 0.3) is 5.69 Å². The predicted molar refractivity (Wildman–Crippen MR) is 95.3 cm³/mol. The maximum Gasteiger partial charge on any atom is 0.382 e. The van der Waals surface area contributed by atoms with Crippen LogP contribution in [0.15, 0.2) is 64.2 Å². The van der Waals surface area contributed by atoms with Gasteiger partial charge in [0.1, 0.15) is 11.9 Å². The minimum absolute atomic E-state index is 0.0497. The molecule has 0 aliphatic heterocycles. The molecule has 2 N–H and O–H groups in total. The lowest BCUT2D eigenvalue weighted by Crippen LogP contribution is -2.44. The van der Waals surface area contributed by atoms with Crippen molar-refractivity contribution in [2.24, 2.45) is 0 Å². The van der Waals surface area contributed by atoms with Gasteiger partial charge in [-0.3, -0.25) is 9.36 Å². The van der Waals surface area contributed by atoms with E-state index in [1.165, 1.54) is 6.07 Å². The zero-order chi connectivity index (χ0) is 18.7. The molecule has 0 saturated heterocycles. The number of rotatable bonds is 4. The molecule has 0 unspecified atom stereocenters. The minimum atomic E-state index is -1.16. The molecule has 0 saturated carbocycles. The summed E-state index contributed by atoms with van der Waals surface area (Å²) in [5.74, 6) is -1.16. The first-order chi connectivity index (χ1) is 12.5. The number of hydrogen-bond acceptors (Lipinski definition) is 6. The van der Waals surface area contributed by atoms with Gasteiger partial charge in [-0.15, -0.1) is 0 Å². The van der Waals surface area contributed by atoms with Crippen LogP contribution in [-0.2, 0) is 10.8 Å². The molecule has 3 rings (SSSR count). The molecule has 1 heterocycles. The first-order valence-electron chi connectivity index (χ1n) is 7.48. The van der Waals surface area contributed by atoms with Gasteiger partial charge in [0.05, 0.1) is 12.2 Å². The SMILES string of the molecule is Nc1cccc(-n2nc(C(=O)OCl)c(=O)n(Cc3ccccc3)c2=O)c1. The number of nitrogens with zero attached hydrogens (tertiary/aromatic N) is 3. The van der Waals surface area contributed by atoms with Gasteiger partial charge in [0.25, 0.3) is 5.56 Å². The normalized spacial score (nSPS) is 10.5. The first kappa shape index (κ1) is 17.4. The average molecular weight is 373 g/mol. The fraction of sp³-hybridized carbons (Fsp3) is 0.0588. The quantitative estimate of drug-likeness (QED) is 0.692. The Kier molecular flexibility index (Phi) is 4.85. The summed E-state index contributed by atoms with van der Waals surface area (Å²) in [7, 11) is 0. The van der Waals surface area contributed by atoms with Crippen LogP contribution in [0.5, 0.6) is 0 Å². The molecule has 2 aromatic carbocycles. The van der Waals surface area contributed by atoms with E-state index in [0.29, 0.717) is 16.9 Å². The van der Waals surface area contributed by atoms with E-state index in [1.807, 2.05) is 0 Å². The van der Waals surface area contributed by atoms with Crippen molar-refractivity contribution in [1.82, 2.24) is 14.3 Å². The van der Waals surface area contributed by atoms with Gasteiger partial charge in [-0.25, -0.2) is 9.59 Å². The highest BCUT2D eigenvalue weighted by Crippen LogP contribution is 2.09. The second-order valence-corrected chi connectivity index (χ2v) is 5.53. The third-order valence-corrected chi connectivity index (χ3v) is 3.76. The van der Waals surface area contributed by atoms with Gasteiger partial charge in [-0.1, -0.05) is 36.4 Å². The Balaban J connectivity index is 2.25. The van der Waals surface area contributed by atoms with Crippen LogP contribution in [-0.4, -0.2) is 20.3 Å². The monoisotopic (exact) mass is 372 g/mol. The van der Waals surface area contributed by atoms with Gasteiger partial charge in [0.2, 0.25) is 5.69 Å². The molecule has 0 aliphatic rings. The zero-order valence-corrected chi connectivity index (χ0v) is 14.1. The highest BCUT2D eigenvalue weighted by atomic mass is 35.5. The molecule has 26 heavy (non-hydrogen) atoms. The third kappa shape index (κ3) is 3.35. The van der Waals surface area contributed by atoms with Crippen LogP contribution < -0.4 is 17.0 Å². The lowest BCUT2D eigenvalue weighted by Gasteiger charge is -2.11. The molecule has 0 bridgehead atoms. The second-order valence-electron chi connectivity index (χ2n) is 5.38. The topological polar surface area (TPSA) is 109 Å². The lowest BCUT2D eigenvalue weighted by atomic mass is 10.2. The number of carbonyl (C=O) groups excluding carboxylic acids is 1. The molecule has 0 fully saturated rings. The van der Waals surface area contributed by atoms with Crippen LogP contribution in [0, 0.1) is 0 Å². The fourth-order valence-corrected chi connectivity index (χ4v) is 2.48. The van der Waals surface area contributed by atoms with Crippen LogP contribution in [0.3, 0.4) is 0 Å². The highest BCUT2D eigenvalue weighted by Gasteiger charge is 2.21. The van der Waals surface area contributed by atoms with E-state index in [4.69, 9.17) is 17.6 Å². The molecule has 8 nitrogen and oxygen atoms in total. The largest absolute Gasteiger partial charge is 0.399 e. The number of benzene rings is 2. The second kappa shape index (κ2) is 7.24. The maximum absolute atomic E-state index is 12.8. The van der Waals surface area contributed by atoms with E-state index in [-0.39, 0.29) is 6.54 Å². The Morgan fingerprint density at radius 3 is 2.50 bits per heavy atom. The van der Waals surface area contributed by atoms with Crippen molar-refractivity contribution in [3.05, 3.63) is 86.7 Å². The summed E-state index contributed by atoms with van der Waals surface area (Å²) in [6.07, 6.45) is 0. The number of hydrogen-bond donors (Lipinski definition) is 1. The van der Waals surface area contributed by atoms with Gasteiger partial charge in [-0.05, 0) is 23.8 Å². The molecule has 9 heteroatoms. The summed E-state index contributed by atoms with van der Waals surface area (Å²) in [6, 6.07) is 15.1. The summed E-state index contributed by atoms with van der Waals surface area (Å²) in [6.45, 7) is -0.0497. The molecule has 0 radical (unpaired) electrons. The fourth-order valence-electron chi connectivity index (χ4n) is 2.41. The zero-order valence-electron chi connectivity index (χ0n) is 13.3. The smallest absolute Gasteiger partial charge is 0.382 e. The van der Waals surface area contributed by atoms with Gasteiger partial charge < -0.3 is 10.0 Å².